The van der Waals surface area contributed by atoms with Crippen LogP contribution in [0.25, 0.3) is 0 Å². The first-order valence-electron chi connectivity index (χ1n) is 5.29. The number of carbonyl (C=O) groups is 1. The molecule has 1 amide bonds. The molecule has 0 spiro atoms. The average molecular weight is 216 g/mol. The summed E-state index contributed by atoms with van der Waals surface area (Å²) < 4.78 is 5.19. The van der Waals surface area contributed by atoms with Crippen molar-refractivity contribution in [2.75, 3.05) is 19.8 Å². The van der Waals surface area contributed by atoms with Gasteiger partial charge in [-0.25, -0.2) is 0 Å². The van der Waals surface area contributed by atoms with Crippen molar-refractivity contribution in [1.29, 1.82) is 0 Å². The molecule has 3 atom stereocenters. The van der Waals surface area contributed by atoms with Crippen LogP contribution in [-0.4, -0.2) is 42.9 Å². The van der Waals surface area contributed by atoms with Crippen LogP contribution in [0.5, 0.6) is 0 Å². The Bertz CT molecular complexity index is 231. The molecule has 0 aromatic rings. The largest absolute Gasteiger partial charge is 0.394 e. The molecule has 4 N–H and O–H groups in total. The maximum atomic E-state index is 11.9. The molecule has 0 aliphatic carbocycles. The molecule has 5 nitrogen and oxygen atoms in total. The maximum absolute atomic E-state index is 11.9. The van der Waals surface area contributed by atoms with Crippen LogP contribution >= 0.6 is 0 Å². The van der Waals surface area contributed by atoms with Crippen LogP contribution in [0.3, 0.4) is 0 Å². The minimum Gasteiger partial charge on any atom is -0.394 e. The summed E-state index contributed by atoms with van der Waals surface area (Å²) in [5.74, 6) is -0.131. The lowest BCUT2D eigenvalue weighted by atomic mass is 9.84. The summed E-state index contributed by atoms with van der Waals surface area (Å²) >= 11 is 0. The van der Waals surface area contributed by atoms with E-state index in [1.807, 2.05) is 6.92 Å². The first-order valence-corrected chi connectivity index (χ1v) is 5.29. The number of rotatable bonds is 4. The minimum absolute atomic E-state index is 0.0472. The molecule has 1 heterocycles. The number of aliphatic hydroxyl groups excluding tert-OH is 1. The van der Waals surface area contributed by atoms with Crippen LogP contribution in [0.2, 0.25) is 0 Å². The third-order valence-corrected chi connectivity index (χ3v) is 3.08. The van der Waals surface area contributed by atoms with E-state index < -0.39 is 5.41 Å². The van der Waals surface area contributed by atoms with Gasteiger partial charge >= 0.3 is 0 Å². The van der Waals surface area contributed by atoms with Gasteiger partial charge in [0.25, 0.3) is 0 Å². The lowest BCUT2D eigenvalue weighted by Crippen LogP contribution is -2.52. The predicted octanol–water partition coefficient (Wildman–Crippen LogP) is -0.763. The number of ether oxygens (including phenoxy) is 1. The van der Waals surface area contributed by atoms with Crippen molar-refractivity contribution in [1.82, 2.24) is 5.32 Å². The standard InChI is InChI=1S/C10H20N2O3/c1-3-7(4-13)12-9(14)10(2)6-15-5-8(10)11/h7-8,13H,3-6,11H2,1-2H3,(H,12,14). The number of amides is 1. The number of aliphatic hydroxyl groups is 1. The highest BCUT2D eigenvalue weighted by molar-refractivity contribution is 5.83. The predicted molar refractivity (Wildman–Crippen MR) is 56.2 cm³/mol. The topological polar surface area (TPSA) is 84.6 Å². The van der Waals surface area contributed by atoms with Gasteiger partial charge in [-0.15, -0.1) is 0 Å². The molecular formula is C10H20N2O3. The number of nitrogens with one attached hydrogen (secondary N) is 1. The third kappa shape index (κ3) is 2.48. The summed E-state index contributed by atoms with van der Waals surface area (Å²) in [6.45, 7) is 4.43. The second kappa shape index (κ2) is 4.92. The normalized spacial score (nSPS) is 32.7. The van der Waals surface area contributed by atoms with Crippen LogP contribution in [0.1, 0.15) is 20.3 Å². The summed E-state index contributed by atoms with van der Waals surface area (Å²) in [6, 6.07) is -0.462. The van der Waals surface area contributed by atoms with Crippen LogP contribution in [0.15, 0.2) is 0 Å². The summed E-state index contributed by atoms with van der Waals surface area (Å²) in [4.78, 5) is 11.9. The number of hydrogen-bond donors (Lipinski definition) is 3. The molecule has 5 heteroatoms. The first-order chi connectivity index (χ1) is 7.04. The SMILES string of the molecule is CCC(CO)NC(=O)C1(C)COCC1N. The molecule has 1 aliphatic rings. The fourth-order valence-electron chi connectivity index (χ4n) is 1.55. The summed E-state index contributed by atoms with van der Waals surface area (Å²) in [6.07, 6.45) is 0.703. The summed E-state index contributed by atoms with van der Waals surface area (Å²) in [5, 5.41) is 11.8. The van der Waals surface area contributed by atoms with E-state index in [4.69, 9.17) is 15.6 Å². The van der Waals surface area contributed by atoms with E-state index in [1.54, 1.807) is 6.92 Å². The fourth-order valence-corrected chi connectivity index (χ4v) is 1.55. The lowest BCUT2D eigenvalue weighted by Gasteiger charge is -2.27. The van der Waals surface area contributed by atoms with Crippen LogP contribution < -0.4 is 11.1 Å². The van der Waals surface area contributed by atoms with Crippen molar-refractivity contribution in [3.63, 3.8) is 0 Å². The molecule has 1 rings (SSSR count). The quantitative estimate of drug-likeness (QED) is 0.576. The zero-order valence-corrected chi connectivity index (χ0v) is 9.32. The van der Waals surface area contributed by atoms with Crippen LogP contribution in [0.4, 0.5) is 0 Å². The van der Waals surface area contributed by atoms with Gasteiger partial charge < -0.3 is 20.9 Å². The van der Waals surface area contributed by atoms with Crippen LogP contribution in [0, 0.1) is 5.41 Å². The zero-order valence-electron chi connectivity index (χ0n) is 9.32. The Kier molecular flexibility index (Phi) is 4.07. The van der Waals surface area contributed by atoms with E-state index in [2.05, 4.69) is 5.32 Å². The first kappa shape index (κ1) is 12.4. The summed E-state index contributed by atoms with van der Waals surface area (Å²) in [5.41, 5.74) is 5.16. The summed E-state index contributed by atoms with van der Waals surface area (Å²) in [7, 11) is 0. The van der Waals surface area contributed by atoms with E-state index in [0.29, 0.717) is 19.6 Å². The van der Waals surface area contributed by atoms with Crippen molar-refractivity contribution >= 4 is 5.91 Å². The Balaban J connectivity index is 2.59. The second-order valence-electron chi connectivity index (χ2n) is 4.30. The Labute approximate surface area is 90.0 Å². The van der Waals surface area contributed by atoms with E-state index in [0.717, 1.165) is 0 Å². The zero-order chi connectivity index (χ0) is 11.5. The Morgan fingerprint density at radius 3 is 2.87 bits per heavy atom. The molecule has 0 saturated carbocycles. The molecule has 0 aromatic carbocycles. The van der Waals surface area contributed by atoms with Gasteiger partial charge in [-0.2, -0.15) is 0 Å². The highest BCUT2D eigenvalue weighted by Gasteiger charge is 2.44. The third-order valence-electron chi connectivity index (χ3n) is 3.08. The van der Waals surface area contributed by atoms with Crippen molar-refractivity contribution in [2.24, 2.45) is 11.1 Å². The highest BCUT2D eigenvalue weighted by Crippen LogP contribution is 2.27. The average Bonchev–Trinajstić information content (AvgIpc) is 2.57. The lowest BCUT2D eigenvalue weighted by molar-refractivity contribution is -0.131. The van der Waals surface area contributed by atoms with Gasteiger partial charge in [0.15, 0.2) is 0 Å². The molecule has 0 radical (unpaired) electrons. The van der Waals surface area contributed by atoms with Crippen molar-refractivity contribution in [3.05, 3.63) is 0 Å². The maximum Gasteiger partial charge on any atom is 0.230 e. The minimum atomic E-state index is -0.664. The van der Waals surface area contributed by atoms with Gasteiger partial charge in [0.2, 0.25) is 5.91 Å². The van der Waals surface area contributed by atoms with E-state index in [1.165, 1.54) is 0 Å². The molecule has 1 saturated heterocycles. The number of hydrogen-bond acceptors (Lipinski definition) is 4. The number of nitrogens with two attached hydrogens (primary N) is 1. The molecular weight excluding hydrogens is 196 g/mol. The van der Waals surface area contributed by atoms with E-state index >= 15 is 0 Å². The molecule has 0 bridgehead atoms. The smallest absolute Gasteiger partial charge is 0.230 e. The van der Waals surface area contributed by atoms with Crippen molar-refractivity contribution < 1.29 is 14.6 Å². The van der Waals surface area contributed by atoms with E-state index in [9.17, 15) is 4.79 Å². The van der Waals surface area contributed by atoms with Crippen LogP contribution in [-0.2, 0) is 9.53 Å². The van der Waals surface area contributed by atoms with Crippen molar-refractivity contribution in [2.45, 2.75) is 32.4 Å². The van der Waals surface area contributed by atoms with Gasteiger partial charge in [0.05, 0.1) is 31.3 Å². The fraction of sp³-hybridized carbons (Fsp3) is 0.900. The Morgan fingerprint density at radius 2 is 2.47 bits per heavy atom. The van der Waals surface area contributed by atoms with Gasteiger partial charge in [-0.1, -0.05) is 6.92 Å². The van der Waals surface area contributed by atoms with Gasteiger partial charge in [0, 0.05) is 6.04 Å². The number of carbonyl (C=O) groups excluding carboxylic acids is 1. The molecule has 1 fully saturated rings. The molecule has 88 valence electrons. The Hall–Kier alpha value is -0.650. The monoisotopic (exact) mass is 216 g/mol. The molecule has 1 aliphatic heterocycles. The van der Waals surface area contributed by atoms with Gasteiger partial charge in [-0.3, -0.25) is 4.79 Å². The van der Waals surface area contributed by atoms with E-state index in [-0.39, 0.29) is 24.6 Å². The highest BCUT2D eigenvalue weighted by atomic mass is 16.5. The Morgan fingerprint density at radius 1 is 1.80 bits per heavy atom. The van der Waals surface area contributed by atoms with Gasteiger partial charge in [0.1, 0.15) is 0 Å². The molecule has 3 unspecified atom stereocenters. The van der Waals surface area contributed by atoms with Crippen molar-refractivity contribution in [3.8, 4) is 0 Å². The molecule has 15 heavy (non-hydrogen) atoms. The molecule has 0 aromatic heterocycles. The second-order valence-corrected chi connectivity index (χ2v) is 4.30. The van der Waals surface area contributed by atoms with Gasteiger partial charge in [-0.05, 0) is 13.3 Å².